The second-order valence-corrected chi connectivity index (χ2v) is 4.79. The summed E-state index contributed by atoms with van der Waals surface area (Å²) in [5.74, 6) is 0.202. The van der Waals surface area contributed by atoms with Gasteiger partial charge < -0.3 is 15.2 Å². The molecule has 2 aromatic rings. The van der Waals surface area contributed by atoms with Gasteiger partial charge in [0.05, 0.1) is 23.0 Å². The number of hydrogen-bond acceptors (Lipinski definition) is 4. The molecule has 0 bridgehead atoms. The zero-order valence-electron chi connectivity index (χ0n) is 10.8. The van der Waals surface area contributed by atoms with Gasteiger partial charge in [0, 0.05) is 11.6 Å². The summed E-state index contributed by atoms with van der Waals surface area (Å²) in [5.41, 5.74) is 0.917. The molecule has 1 heterocycles. The summed E-state index contributed by atoms with van der Waals surface area (Å²) in [6.45, 7) is 2.41. The second kappa shape index (κ2) is 6.38. The number of halogens is 1. The first kappa shape index (κ1) is 14.3. The van der Waals surface area contributed by atoms with Gasteiger partial charge in [-0.25, -0.2) is 4.98 Å². The average Bonchev–Trinajstić information content (AvgIpc) is 2.44. The van der Waals surface area contributed by atoms with Crippen LogP contribution in [0.5, 0.6) is 11.6 Å². The molecular formula is C14H13BrN2O3. The number of benzene rings is 1. The maximum absolute atomic E-state index is 12.0. The van der Waals surface area contributed by atoms with Crippen molar-refractivity contribution >= 4 is 27.5 Å². The van der Waals surface area contributed by atoms with Crippen LogP contribution in [-0.2, 0) is 0 Å². The number of carbonyl (C=O) groups is 1. The molecule has 0 aliphatic carbocycles. The molecular weight excluding hydrogens is 324 g/mol. The second-order valence-electron chi connectivity index (χ2n) is 3.94. The van der Waals surface area contributed by atoms with Crippen molar-refractivity contribution in [2.24, 2.45) is 0 Å². The predicted octanol–water partition coefficient (Wildman–Crippen LogP) is 3.20. The van der Waals surface area contributed by atoms with E-state index in [1.54, 1.807) is 24.3 Å². The van der Waals surface area contributed by atoms with E-state index in [0.29, 0.717) is 28.2 Å². The molecule has 0 spiro atoms. The maximum atomic E-state index is 12.0. The van der Waals surface area contributed by atoms with Gasteiger partial charge in [0.25, 0.3) is 5.91 Å². The van der Waals surface area contributed by atoms with Crippen LogP contribution in [0.3, 0.4) is 0 Å². The summed E-state index contributed by atoms with van der Waals surface area (Å²) in [7, 11) is 0. The number of ether oxygens (including phenoxy) is 1. The van der Waals surface area contributed by atoms with E-state index in [2.05, 4.69) is 26.2 Å². The van der Waals surface area contributed by atoms with Gasteiger partial charge in [-0.2, -0.15) is 0 Å². The van der Waals surface area contributed by atoms with Crippen LogP contribution < -0.4 is 10.1 Å². The molecule has 0 atom stereocenters. The molecule has 1 aromatic heterocycles. The van der Waals surface area contributed by atoms with Gasteiger partial charge in [-0.05, 0) is 47.1 Å². The first-order valence-corrected chi connectivity index (χ1v) is 6.78. The zero-order chi connectivity index (χ0) is 14.5. The Hall–Kier alpha value is -2.08. The highest BCUT2D eigenvalue weighted by Gasteiger charge is 2.09. The van der Waals surface area contributed by atoms with Crippen LogP contribution in [0.2, 0.25) is 0 Å². The fourth-order valence-electron chi connectivity index (χ4n) is 1.54. The molecule has 20 heavy (non-hydrogen) atoms. The Morgan fingerprint density at radius 2 is 2.20 bits per heavy atom. The lowest BCUT2D eigenvalue weighted by molar-refractivity contribution is 0.102. The molecule has 0 radical (unpaired) electrons. The van der Waals surface area contributed by atoms with Gasteiger partial charge in [-0.15, -0.1) is 0 Å². The van der Waals surface area contributed by atoms with Crippen molar-refractivity contribution in [2.75, 3.05) is 11.9 Å². The molecule has 1 aromatic carbocycles. The number of anilines is 1. The summed E-state index contributed by atoms with van der Waals surface area (Å²) >= 11 is 3.16. The first-order chi connectivity index (χ1) is 9.60. The monoisotopic (exact) mass is 336 g/mol. The van der Waals surface area contributed by atoms with E-state index < -0.39 is 0 Å². The molecule has 0 aliphatic heterocycles. The lowest BCUT2D eigenvalue weighted by Gasteiger charge is -2.07. The number of rotatable bonds is 4. The summed E-state index contributed by atoms with van der Waals surface area (Å²) in [6.07, 6.45) is 1.52. The molecule has 0 saturated carbocycles. The summed E-state index contributed by atoms with van der Waals surface area (Å²) in [6, 6.07) is 8.00. The third-order valence-electron chi connectivity index (χ3n) is 2.49. The fraction of sp³-hybridized carbons (Fsp3) is 0.143. The minimum absolute atomic E-state index is 0.0162. The van der Waals surface area contributed by atoms with Gasteiger partial charge in [0.1, 0.15) is 5.75 Å². The van der Waals surface area contributed by atoms with E-state index >= 15 is 0 Å². The Morgan fingerprint density at radius 3 is 2.80 bits per heavy atom. The number of phenolic OH excluding ortho intramolecular Hbond substituents is 1. The molecule has 6 heteroatoms. The third kappa shape index (κ3) is 3.48. The van der Waals surface area contributed by atoms with Gasteiger partial charge in [-0.1, -0.05) is 0 Å². The highest BCUT2D eigenvalue weighted by atomic mass is 79.9. The van der Waals surface area contributed by atoms with Crippen LogP contribution in [0.15, 0.2) is 41.0 Å². The molecule has 1 amide bonds. The SMILES string of the molecule is CCOc1ccc(NC(=O)c2ccc(Br)c(O)c2)cn1. The maximum Gasteiger partial charge on any atom is 0.255 e. The Bertz CT molecular complexity index is 614. The van der Waals surface area contributed by atoms with Crippen LogP contribution in [0.1, 0.15) is 17.3 Å². The molecule has 2 N–H and O–H groups in total. The molecule has 0 aliphatic rings. The van der Waals surface area contributed by atoms with Crippen LogP contribution in [0.4, 0.5) is 5.69 Å². The topological polar surface area (TPSA) is 71.5 Å². The van der Waals surface area contributed by atoms with Crippen LogP contribution in [-0.4, -0.2) is 22.6 Å². The van der Waals surface area contributed by atoms with Crippen LogP contribution in [0, 0.1) is 0 Å². The quantitative estimate of drug-likeness (QED) is 0.899. The first-order valence-electron chi connectivity index (χ1n) is 5.99. The fourth-order valence-corrected chi connectivity index (χ4v) is 1.79. The number of nitrogens with zero attached hydrogens (tertiary/aromatic N) is 1. The van der Waals surface area contributed by atoms with E-state index in [0.717, 1.165) is 0 Å². The molecule has 0 fully saturated rings. The number of amides is 1. The van der Waals surface area contributed by atoms with Crippen molar-refractivity contribution in [1.29, 1.82) is 0 Å². The number of pyridine rings is 1. The normalized spacial score (nSPS) is 10.1. The van der Waals surface area contributed by atoms with Crippen molar-refractivity contribution in [1.82, 2.24) is 4.98 Å². The van der Waals surface area contributed by atoms with Gasteiger partial charge in [0.15, 0.2) is 0 Å². The van der Waals surface area contributed by atoms with Crippen LogP contribution in [0.25, 0.3) is 0 Å². The minimum Gasteiger partial charge on any atom is -0.507 e. The molecule has 0 unspecified atom stereocenters. The summed E-state index contributed by atoms with van der Waals surface area (Å²) in [4.78, 5) is 16.0. The van der Waals surface area contributed by atoms with Crippen molar-refractivity contribution in [2.45, 2.75) is 6.92 Å². The number of hydrogen-bond donors (Lipinski definition) is 2. The van der Waals surface area contributed by atoms with Crippen LogP contribution >= 0.6 is 15.9 Å². The Labute approximate surface area is 124 Å². The third-order valence-corrected chi connectivity index (χ3v) is 3.17. The highest BCUT2D eigenvalue weighted by Crippen LogP contribution is 2.24. The van der Waals surface area contributed by atoms with E-state index in [-0.39, 0.29) is 11.7 Å². The number of aromatic nitrogens is 1. The highest BCUT2D eigenvalue weighted by molar-refractivity contribution is 9.10. The van der Waals surface area contributed by atoms with E-state index in [4.69, 9.17) is 4.74 Å². The van der Waals surface area contributed by atoms with E-state index in [1.165, 1.54) is 12.3 Å². The Morgan fingerprint density at radius 1 is 1.40 bits per heavy atom. The van der Waals surface area contributed by atoms with Gasteiger partial charge >= 0.3 is 0 Å². The molecule has 0 saturated heterocycles. The standard InChI is InChI=1S/C14H13BrN2O3/c1-2-20-13-6-4-10(8-16-13)17-14(19)9-3-5-11(15)12(18)7-9/h3-8,18H,2H2,1H3,(H,17,19). The zero-order valence-corrected chi connectivity index (χ0v) is 12.3. The smallest absolute Gasteiger partial charge is 0.255 e. The molecule has 5 nitrogen and oxygen atoms in total. The lowest BCUT2D eigenvalue weighted by atomic mass is 10.2. The average molecular weight is 337 g/mol. The largest absolute Gasteiger partial charge is 0.507 e. The van der Waals surface area contributed by atoms with Gasteiger partial charge in [0.2, 0.25) is 5.88 Å². The number of phenols is 1. The van der Waals surface area contributed by atoms with Crippen molar-refractivity contribution < 1.29 is 14.6 Å². The summed E-state index contributed by atoms with van der Waals surface area (Å²) < 4.78 is 5.76. The van der Waals surface area contributed by atoms with Gasteiger partial charge in [-0.3, -0.25) is 4.79 Å². The van der Waals surface area contributed by atoms with E-state index in [9.17, 15) is 9.90 Å². The lowest BCUT2D eigenvalue weighted by Crippen LogP contribution is -2.12. The number of carbonyl (C=O) groups excluding carboxylic acids is 1. The number of aromatic hydroxyl groups is 1. The van der Waals surface area contributed by atoms with E-state index in [1.807, 2.05) is 6.92 Å². The minimum atomic E-state index is -0.321. The predicted molar refractivity (Wildman–Crippen MR) is 79.2 cm³/mol. The summed E-state index contributed by atoms with van der Waals surface area (Å²) in [5, 5.41) is 12.2. The van der Waals surface area contributed by atoms with Crippen molar-refractivity contribution in [3.8, 4) is 11.6 Å². The van der Waals surface area contributed by atoms with Crippen molar-refractivity contribution in [3.63, 3.8) is 0 Å². The van der Waals surface area contributed by atoms with Crippen molar-refractivity contribution in [3.05, 3.63) is 46.6 Å². The Balaban J connectivity index is 2.08. The molecule has 2 rings (SSSR count). The number of nitrogens with one attached hydrogen (secondary N) is 1. The Kier molecular flexibility index (Phi) is 4.57. The molecule has 104 valence electrons.